The number of imidazole rings is 1. The van der Waals surface area contributed by atoms with Crippen LogP contribution in [0.5, 0.6) is 0 Å². The summed E-state index contributed by atoms with van der Waals surface area (Å²) in [5.74, 6) is -0.634. The van der Waals surface area contributed by atoms with Gasteiger partial charge in [0.1, 0.15) is 5.65 Å². The van der Waals surface area contributed by atoms with Crippen LogP contribution in [0.25, 0.3) is 5.65 Å². The van der Waals surface area contributed by atoms with Crippen molar-refractivity contribution in [3.05, 3.63) is 35.2 Å². The van der Waals surface area contributed by atoms with Crippen molar-refractivity contribution in [2.75, 3.05) is 11.5 Å². The van der Waals surface area contributed by atoms with E-state index in [4.69, 9.17) is 11.6 Å². The molecule has 0 spiro atoms. The molecule has 1 aliphatic heterocycles. The van der Waals surface area contributed by atoms with E-state index in [0.29, 0.717) is 17.1 Å². The van der Waals surface area contributed by atoms with E-state index < -0.39 is 15.8 Å². The largest absolute Gasteiger partial charge is 0.350 e. The predicted octanol–water partition coefficient (Wildman–Crippen LogP) is 1.04. The number of pyridine rings is 1. The number of carbonyl (C=O) groups is 1. The van der Waals surface area contributed by atoms with Crippen LogP contribution in [0, 0.1) is 5.92 Å². The number of rotatable bonds is 3. The Bertz CT molecular complexity index is 800. The van der Waals surface area contributed by atoms with Gasteiger partial charge >= 0.3 is 0 Å². The lowest BCUT2D eigenvalue weighted by atomic mass is 10.1. The van der Waals surface area contributed by atoms with E-state index in [1.54, 1.807) is 28.9 Å². The molecular formula is C13H14ClN3O3S. The minimum Gasteiger partial charge on any atom is -0.350 e. The van der Waals surface area contributed by atoms with Gasteiger partial charge in [-0.25, -0.2) is 13.4 Å². The Hall–Kier alpha value is -1.60. The lowest BCUT2D eigenvalue weighted by Crippen LogP contribution is -2.31. The molecule has 3 heterocycles. The third kappa shape index (κ3) is 3.19. The highest BCUT2D eigenvalue weighted by Gasteiger charge is 2.32. The van der Waals surface area contributed by atoms with E-state index in [2.05, 4.69) is 10.3 Å². The minimum absolute atomic E-state index is 0.0559. The van der Waals surface area contributed by atoms with Gasteiger partial charge in [-0.3, -0.25) is 4.79 Å². The number of fused-ring (bicyclic) bond motifs is 1. The maximum absolute atomic E-state index is 11.9. The Balaban J connectivity index is 1.65. The Labute approximate surface area is 127 Å². The molecule has 112 valence electrons. The second-order valence-electron chi connectivity index (χ2n) is 5.16. The molecule has 1 fully saturated rings. The maximum atomic E-state index is 11.9. The van der Waals surface area contributed by atoms with Crippen LogP contribution in [-0.2, 0) is 21.2 Å². The van der Waals surface area contributed by atoms with Crippen LogP contribution in [0.2, 0.25) is 5.02 Å². The number of sulfone groups is 1. The smallest absolute Gasteiger partial charge is 0.224 e. The number of hydrogen-bond donors (Lipinski definition) is 1. The first-order valence-electron chi connectivity index (χ1n) is 6.54. The fourth-order valence-electron chi connectivity index (χ4n) is 2.43. The molecule has 0 bridgehead atoms. The van der Waals surface area contributed by atoms with Crippen LogP contribution in [0.15, 0.2) is 24.5 Å². The van der Waals surface area contributed by atoms with Gasteiger partial charge in [-0.15, -0.1) is 0 Å². The second-order valence-corrected chi connectivity index (χ2v) is 7.83. The third-order valence-electron chi connectivity index (χ3n) is 3.51. The maximum Gasteiger partial charge on any atom is 0.224 e. The summed E-state index contributed by atoms with van der Waals surface area (Å²) in [6.07, 6.45) is 3.92. The molecule has 6 nitrogen and oxygen atoms in total. The first-order valence-corrected chi connectivity index (χ1v) is 8.74. The van der Waals surface area contributed by atoms with Gasteiger partial charge in [-0.05, 0) is 18.6 Å². The standard InChI is InChI=1S/C13H14ClN3O3S/c14-10-1-2-12-16-11(7-17(12)6-10)5-15-13(18)9-3-4-21(19,20)8-9/h1-2,6-7,9H,3-5,8H2,(H,15,18). The molecule has 2 aromatic heterocycles. The van der Waals surface area contributed by atoms with Gasteiger partial charge in [-0.1, -0.05) is 11.6 Å². The molecule has 1 aliphatic rings. The summed E-state index contributed by atoms with van der Waals surface area (Å²) in [4.78, 5) is 16.3. The Morgan fingerprint density at radius 3 is 2.95 bits per heavy atom. The molecule has 1 saturated heterocycles. The highest BCUT2D eigenvalue weighted by molar-refractivity contribution is 7.91. The summed E-state index contributed by atoms with van der Waals surface area (Å²) in [6.45, 7) is 0.272. The molecular weight excluding hydrogens is 314 g/mol. The number of hydrogen-bond acceptors (Lipinski definition) is 4. The molecule has 1 unspecified atom stereocenters. The molecule has 21 heavy (non-hydrogen) atoms. The van der Waals surface area contributed by atoms with Crippen LogP contribution >= 0.6 is 11.6 Å². The molecule has 0 radical (unpaired) electrons. The average Bonchev–Trinajstić information content (AvgIpc) is 2.98. The van der Waals surface area contributed by atoms with Gasteiger partial charge in [0.2, 0.25) is 5.91 Å². The van der Waals surface area contributed by atoms with Gasteiger partial charge < -0.3 is 9.72 Å². The molecule has 0 aliphatic carbocycles. The first kappa shape index (κ1) is 14.3. The fourth-order valence-corrected chi connectivity index (χ4v) is 4.34. The van der Waals surface area contributed by atoms with Crippen LogP contribution in [0.4, 0.5) is 0 Å². The van der Waals surface area contributed by atoms with E-state index in [0.717, 1.165) is 5.65 Å². The summed E-state index contributed by atoms with van der Waals surface area (Å²) in [6, 6.07) is 3.53. The Morgan fingerprint density at radius 2 is 2.24 bits per heavy atom. The van der Waals surface area contributed by atoms with Crippen molar-refractivity contribution in [2.45, 2.75) is 13.0 Å². The van der Waals surface area contributed by atoms with E-state index in [1.165, 1.54) is 0 Å². The van der Waals surface area contributed by atoms with Crippen molar-refractivity contribution in [2.24, 2.45) is 5.92 Å². The van der Waals surface area contributed by atoms with E-state index in [1.807, 2.05) is 0 Å². The second kappa shape index (κ2) is 5.31. The molecule has 1 atom stereocenters. The topological polar surface area (TPSA) is 80.5 Å². The number of nitrogens with one attached hydrogen (secondary N) is 1. The molecule has 3 rings (SSSR count). The number of halogens is 1. The van der Waals surface area contributed by atoms with Gasteiger partial charge in [0, 0.05) is 12.4 Å². The van der Waals surface area contributed by atoms with E-state index in [-0.39, 0.29) is 24.0 Å². The zero-order chi connectivity index (χ0) is 15.0. The minimum atomic E-state index is -3.04. The van der Waals surface area contributed by atoms with Crippen molar-refractivity contribution in [1.29, 1.82) is 0 Å². The Kier molecular flexibility index (Phi) is 3.62. The monoisotopic (exact) mass is 327 g/mol. The van der Waals surface area contributed by atoms with Crippen LogP contribution < -0.4 is 5.32 Å². The van der Waals surface area contributed by atoms with E-state index >= 15 is 0 Å². The number of carbonyl (C=O) groups excluding carboxylic acids is 1. The Morgan fingerprint density at radius 1 is 1.43 bits per heavy atom. The summed E-state index contributed by atoms with van der Waals surface area (Å²) in [5.41, 5.74) is 1.44. The number of nitrogens with zero attached hydrogens (tertiary/aromatic N) is 2. The highest BCUT2D eigenvalue weighted by atomic mass is 35.5. The molecule has 2 aromatic rings. The number of aromatic nitrogens is 2. The molecule has 1 N–H and O–H groups in total. The molecule has 0 aromatic carbocycles. The first-order chi connectivity index (χ1) is 9.93. The zero-order valence-electron chi connectivity index (χ0n) is 11.1. The predicted molar refractivity (Wildman–Crippen MR) is 78.8 cm³/mol. The fraction of sp³-hybridized carbons (Fsp3) is 0.385. The van der Waals surface area contributed by atoms with Crippen molar-refractivity contribution < 1.29 is 13.2 Å². The van der Waals surface area contributed by atoms with Crippen LogP contribution in [0.3, 0.4) is 0 Å². The van der Waals surface area contributed by atoms with Crippen molar-refractivity contribution in [3.8, 4) is 0 Å². The van der Waals surface area contributed by atoms with Crippen molar-refractivity contribution >= 4 is 33.0 Å². The molecule has 0 saturated carbocycles. The normalized spacial score (nSPS) is 20.7. The summed E-state index contributed by atoms with van der Waals surface area (Å²) >= 11 is 5.89. The van der Waals surface area contributed by atoms with Gasteiger partial charge in [0.25, 0.3) is 0 Å². The molecule has 1 amide bonds. The number of amides is 1. The van der Waals surface area contributed by atoms with Crippen LogP contribution in [0.1, 0.15) is 12.1 Å². The summed E-state index contributed by atoms with van der Waals surface area (Å²) in [5, 5.41) is 3.35. The SMILES string of the molecule is O=C(NCc1cn2cc(Cl)ccc2n1)C1CCS(=O)(=O)C1. The third-order valence-corrected chi connectivity index (χ3v) is 5.50. The van der Waals surface area contributed by atoms with Gasteiger partial charge in [-0.2, -0.15) is 0 Å². The average molecular weight is 328 g/mol. The van der Waals surface area contributed by atoms with Gasteiger partial charge in [0.05, 0.1) is 34.7 Å². The summed E-state index contributed by atoms with van der Waals surface area (Å²) in [7, 11) is -3.04. The van der Waals surface area contributed by atoms with E-state index in [9.17, 15) is 13.2 Å². The quantitative estimate of drug-likeness (QED) is 0.913. The zero-order valence-corrected chi connectivity index (χ0v) is 12.7. The summed E-state index contributed by atoms with van der Waals surface area (Å²) < 4.78 is 24.5. The van der Waals surface area contributed by atoms with Gasteiger partial charge in [0.15, 0.2) is 9.84 Å². The van der Waals surface area contributed by atoms with Crippen LogP contribution in [-0.4, -0.2) is 35.2 Å². The highest BCUT2D eigenvalue weighted by Crippen LogP contribution is 2.18. The lowest BCUT2D eigenvalue weighted by Gasteiger charge is -2.07. The lowest BCUT2D eigenvalue weighted by molar-refractivity contribution is -0.124. The van der Waals surface area contributed by atoms with Crippen molar-refractivity contribution in [3.63, 3.8) is 0 Å². The molecule has 8 heteroatoms. The van der Waals surface area contributed by atoms with Crippen molar-refractivity contribution in [1.82, 2.24) is 14.7 Å².